The van der Waals surface area contributed by atoms with Gasteiger partial charge in [-0.25, -0.2) is 18.2 Å². The number of nitrogen functional groups attached to an aromatic ring is 1. The molecule has 0 aromatic carbocycles. The second-order valence-electron chi connectivity index (χ2n) is 2.03. The third-order valence-corrected chi connectivity index (χ3v) is 1.61. The number of rotatable bonds is 1. The van der Waals surface area contributed by atoms with Crippen molar-refractivity contribution in [1.82, 2.24) is 4.98 Å². The van der Waals surface area contributed by atoms with E-state index in [-0.39, 0.29) is 5.82 Å². The first-order chi connectivity index (χ1) is 5.54. The standard InChI is InChI=1S/C6H4ClF3N2/c7-3-4(8)2(5(9)10)1-12-6(3)11/h1,5H,(H2,11,12). The Morgan fingerprint density at radius 3 is 2.58 bits per heavy atom. The van der Waals surface area contributed by atoms with Gasteiger partial charge in [0, 0.05) is 6.20 Å². The summed E-state index contributed by atoms with van der Waals surface area (Å²) in [4.78, 5) is 3.29. The number of nitrogens with two attached hydrogens (primary N) is 1. The van der Waals surface area contributed by atoms with E-state index in [0.717, 1.165) is 0 Å². The first kappa shape index (κ1) is 9.12. The van der Waals surface area contributed by atoms with E-state index < -0.39 is 22.8 Å². The van der Waals surface area contributed by atoms with Gasteiger partial charge >= 0.3 is 0 Å². The minimum atomic E-state index is -2.93. The number of halogens is 4. The van der Waals surface area contributed by atoms with Crippen molar-refractivity contribution in [3.05, 3.63) is 22.6 Å². The Hall–Kier alpha value is -0.970. The van der Waals surface area contributed by atoms with Gasteiger partial charge in [0.25, 0.3) is 6.43 Å². The smallest absolute Gasteiger partial charge is 0.268 e. The van der Waals surface area contributed by atoms with Gasteiger partial charge in [-0.1, -0.05) is 11.6 Å². The summed E-state index contributed by atoms with van der Waals surface area (Å²) in [5, 5.41) is -0.562. The van der Waals surface area contributed by atoms with E-state index in [4.69, 9.17) is 17.3 Å². The van der Waals surface area contributed by atoms with Crippen LogP contribution >= 0.6 is 11.6 Å². The van der Waals surface area contributed by atoms with E-state index in [2.05, 4.69) is 4.98 Å². The summed E-state index contributed by atoms with van der Waals surface area (Å²) in [7, 11) is 0. The molecule has 6 heteroatoms. The maximum atomic E-state index is 12.8. The molecule has 0 fully saturated rings. The van der Waals surface area contributed by atoms with Crippen LogP contribution in [0.3, 0.4) is 0 Å². The van der Waals surface area contributed by atoms with Gasteiger partial charge < -0.3 is 5.73 Å². The van der Waals surface area contributed by atoms with Gasteiger partial charge in [-0.3, -0.25) is 0 Å². The lowest BCUT2D eigenvalue weighted by atomic mass is 10.3. The summed E-state index contributed by atoms with van der Waals surface area (Å²) in [5.74, 6) is -1.50. The molecule has 1 aromatic rings. The topological polar surface area (TPSA) is 38.9 Å². The fourth-order valence-electron chi connectivity index (χ4n) is 0.644. The number of pyridine rings is 1. The van der Waals surface area contributed by atoms with Gasteiger partial charge in [-0.05, 0) is 0 Å². The molecule has 0 saturated carbocycles. The minimum absolute atomic E-state index is 0.293. The highest BCUT2D eigenvalue weighted by Gasteiger charge is 2.18. The molecule has 1 aromatic heterocycles. The van der Waals surface area contributed by atoms with Crippen LogP contribution < -0.4 is 5.73 Å². The van der Waals surface area contributed by atoms with Crippen molar-refractivity contribution in [1.29, 1.82) is 0 Å². The van der Waals surface area contributed by atoms with Gasteiger partial charge in [0.15, 0.2) is 5.82 Å². The Morgan fingerprint density at radius 2 is 2.08 bits per heavy atom. The SMILES string of the molecule is Nc1ncc(C(F)F)c(F)c1Cl. The van der Waals surface area contributed by atoms with Crippen molar-refractivity contribution in [3.63, 3.8) is 0 Å². The van der Waals surface area contributed by atoms with Crippen molar-refractivity contribution < 1.29 is 13.2 Å². The Kier molecular flexibility index (Phi) is 2.42. The second-order valence-corrected chi connectivity index (χ2v) is 2.41. The van der Waals surface area contributed by atoms with Crippen molar-refractivity contribution in [2.24, 2.45) is 0 Å². The molecule has 0 unspecified atom stereocenters. The van der Waals surface area contributed by atoms with E-state index in [9.17, 15) is 13.2 Å². The van der Waals surface area contributed by atoms with Gasteiger partial charge in [-0.15, -0.1) is 0 Å². The number of hydrogen-bond acceptors (Lipinski definition) is 2. The summed E-state index contributed by atoms with van der Waals surface area (Å²) in [6.07, 6.45) is -2.27. The van der Waals surface area contributed by atoms with Gasteiger partial charge in [0.05, 0.1) is 5.56 Å². The Bertz CT molecular complexity index is 303. The lowest BCUT2D eigenvalue weighted by Gasteiger charge is -2.03. The molecular weight excluding hydrogens is 193 g/mol. The summed E-state index contributed by atoms with van der Waals surface area (Å²) in [6, 6.07) is 0. The van der Waals surface area contributed by atoms with Crippen LogP contribution in [0.15, 0.2) is 6.20 Å². The fourth-order valence-corrected chi connectivity index (χ4v) is 0.802. The molecule has 0 radical (unpaired) electrons. The van der Waals surface area contributed by atoms with E-state index in [1.165, 1.54) is 0 Å². The molecule has 0 saturated heterocycles. The predicted octanol–water partition coefficient (Wildman–Crippen LogP) is 2.39. The highest BCUT2D eigenvalue weighted by Crippen LogP contribution is 2.28. The molecule has 0 aliphatic heterocycles. The zero-order chi connectivity index (χ0) is 9.30. The van der Waals surface area contributed by atoms with Gasteiger partial charge in [0.2, 0.25) is 0 Å². The van der Waals surface area contributed by atoms with Crippen LogP contribution in [-0.2, 0) is 0 Å². The first-order valence-corrected chi connectivity index (χ1v) is 3.29. The quantitative estimate of drug-likeness (QED) is 0.749. The third kappa shape index (κ3) is 1.45. The summed E-state index contributed by atoms with van der Waals surface area (Å²) in [5.41, 5.74) is 4.22. The summed E-state index contributed by atoms with van der Waals surface area (Å²) >= 11 is 5.23. The second kappa shape index (κ2) is 3.18. The average molecular weight is 197 g/mol. The predicted molar refractivity (Wildman–Crippen MR) is 38.6 cm³/mol. The number of hydrogen-bond donors (Lipinski definition) is 1. The molecule has 66 valence electrons. The number of aromatic nitrogens is 1. The van der Waals surface area contributed by atoms with Gasteiger partial charge in [0.1, 0.15) is 10.8 Å². The normalized spacial score (nSPS) is 10.8. The molecule has 0 bridgehead atoms. The molecule has 0 amide bonds. The molecule has 0 aliphatic rings. The Balaban J connectivity index is 3.27. The zero-order valence-corrected chi connectivity index (χ0v) is 6.45. The molecule has 12 heavy (non-hydrogen) atoms. The van der Waals surface area contributed by atoms with Gasteiger partial charge in [-0.2, -0.15) is 0 Å². The highest BCUT2D eigenvalue weighted by molar-refractivity contribution is 6.32. The number of nitrogens with zero attached hydrogens (tertiary/aromatic N) is 1. The summed E-state index contributed by atoms with van der Waals surface area (Å²) < 4.78 is 36.7. The molecular formula is C6H4ClF3N2. The van der Waals surface area contributed by atoms with Crippen molar-refractivity contribution in [2.45, 2.75) is 6.43 Å². The summed E-state index contributed by atoms with van der Waals surface area (Å²) in [6.45, 7) is 0. The maximum absolute atomic E-state index is 12.8. The minimum Gasteiger partial charge on any atom is -0.382 e. The largest absolute Gasteiger partial charge is 0.382 e. The lowest BCUT2D eigenvalue weighted by molar-refractivity contribution is 0.146. The third-order valence-electron chi connectivity index (χ3n) is 1.25. The van der Waals surface area contributed by atoms with Crippen LogP contribution in [0.1, 0.15) is 12.0 Å². The molecule has 2 N–H and O–H groups in total. The van der Waals surface area contributed by atoms with E-state index >= 15 is 0 Å². The molecule has 1 rings (SSSR count). The highest BCUT2D eigenvalue weighted by atomic mass is 35.5. The Morgan fingerprint density at radius 1 is 1.50 bits per heavy atom. The first-order valence-electron chi connectivity index (χ1n) is 2.91. The zero-order valence-electron chi connectivity index (χ0n) is 5.69. The van der Waals surface area contributed by atoms with Crippen LogP contribution in [0.2, 0.25) is 5.02 Å². The van der Waals surface area contributed by atoms with Crippen LogP contribution in [0.5, 0.6) is 0 Å². The lowest BCUT2D eigenvalue weighted by Crippen LogP contribution is -1.99. The maximum Gasteiger partial charge on any atom is 0.268 e. The molecule has 2 nitrogen and oxygen atoms in total. The van der Waals surface area contributed by atoms with Crippen LogP contribution in [0.25, 0.3) is 0 Å². The van der Waals surface area contributed by atoms with Crippen LogP contribution in [0.4, 0.5) is 19.0 Å². The fraction of sp³-hybridized carbons (Fsp3) is 0.167. The van der Waals surface area contributed by atoms with Crippen molar-refractivity contribution in [2.75, 3.05) is 5.73 Å². The number of alkyl halides is 2. The average Bonchev–Trinajstić information content (AvgIpc) is 2.00. The molecule has 1 heterocycles. The van der Waals surface area contributed by atoms with E-state index in [1.54, 1.807) is 0 Å². The molecule has 0 spiro atoms. The van der Waals surface area contributed by atoms with E-state index in [1.807, 2.05) is 0 Å². The monoisotopic (exact) mass is 196 g/mol. The van der Waals surface area contributed by atoms with Crippen molar-refractivity contribution >= 4 is 17.4 Å². The molecule has 0 atom stereocenters. The van der Waals surface area contributed by atoms with Crippen LogP contribution in [-0.4, -0.2) is 4.98 Å². The molecule has 0 aliphatic carbocycles. The Labute approximate surface area is 71.2 Å². The van der Waals surface area contributed by atoms with Crippen LogP contribution in [0, 0.1) is 5.82 Å². The van der Waals surface area contributed by atoms with Crippen molar-refractivity contribution in [3.8, 4) is 0 Å². The van der Waals surface area contributed by atoms with E-state index in [0.29, 0.717) is 6.20 Å². The number of anilines is 1.